The molecule has 1 aromatic carbocycles. The van der Waals surface area contributed by atoms with Crippen molar-refractivity contribution < 1.29 is 23.5 Å². The van der Waals surface area contributed by atoms with E-state index < -0.39 is 11.8 Å². The van der Waals surface area contributed by atoms with Crippen LogP contribution in [0.1, 0.15) is 52.1 Å². The summed E-state index contributed by atoms with van der Waals surface area (Å²) >= 11 is 1.73. The number of benzene rings is 1. The van der Waals surface area contributed by atoms with E-state index in [1.807, 2.05) is 18.7 Å². The Morgan fingerprint density at radius 1 is 1.26 bits per heavy atom. The van der Waals surface area contributed by atoms with Gasteiger partial charge in [-0.3, -0.25) is 4.79 Å². The van der Waals surface area contributed by atoms with Crippen LogP contribution in [0.15, 0.2) is 41.3 Å². The maximum Gasteiger partial charge on any atom is 0.337 e. The molecular weight excluding hydrogens is 507 g/mol. The van der Waals surface area contributed by atoms with E-state index in [0.717, 1.165) is 12.1 Å². The Balaban J connectivity index is 1.36. The molecule has 0 saturated heterocycles. The van der Waals surface area contributed by atoms with Gasteiger partial charge < -0.3 is 14.4 Å². The predicted octanol–water partition coefficient (Wildman–Crippen LogP) is 4.87. The molecule has 1 unspecified atom stereocenters. The Morgan fingerprint density at radius 2 is 2.11 bits per heavy atom. The van der Waals surface area contributed by atoms with E-state index in [4.69, 9.17) is 9.47 Å². The number of aromatic nitrogens is 3. The van der Waals surface area contributed by atoms with Crippen LogP contribution in [0.25, 0.3) is 23.0 Å². The first-order chi connectivity index (χ1) is 18.4. The van der Waals surface area contributed by atoms with E-state index in [-0.39, 0.29) is 29.9 Å². The van der Waals surface area contributed by atoms with Gasteiger partial charge in [-0.15, -0.1) is 11.3 Å². The number of aryl methyl sites for hydroxylation is 1. The van der Waals surface area contributed by atoms with Gasteiger partial charge in [0.1, 0.15) is 12.3 Å². The second-order valence-electron chi connectivity index (χ2n) is 9.30. The quantitative estimate of drug-likeness (QED) is 0.349. The van der Waals surface area contributed by atoms with E-state index >= 15 is 4.39 Å². The summed E-state index contributed by atoms with van der Waals surface area (Å²) in [7, 11) is 1.29. The number of hydrogen-bond acceptors (Lipinski definition) is 7. The smallest absolute Gasteiger partial charge is 0.337 e. The predicted molar refractivity (Wildman–Crippen MR) is 141 cm³/mol. The molecule has 6 rings (SSSR count). The van der Waals surface area contributed by atoms with Gasteiger partial charge in [-0.25, -0.2) is 18.7 Å². The number of carbonyl (C=O) groups is 2. The Morgan fingerprint density at radius 3 is 2.89 bits per heavy atom. The number of fused-ring (bicyclic) bond motifs is 3. The van der Waals surface area contributed by atoms with Gasteiger partial charge >= 0.3 is 5.97 Å². The Kier molecular flexibility index (Phi) is 5.98. The highest BCUT2D eigenvalue weighted by atomic mass is 32.1. The molecule has 10 heteroatoms. The first kappa shape index (κ1) is 24.3. The van der Waals surface area contributed by atoms with Crippen LogP contribution in [-0.2, 0) is 22.4 Å². The summed E-state index contributed by atoms with van der Waals surface area (Å²) < 4.78 is 27.5. The highest BCUT2D eigenvalue weighted by Crippen LogP contribution is 2.36. The minimum atomic E-state index is -0.575. The zero-order chi connectivity index (χ0) is 26.6. The van der Waals surface area contributed by atoms with Gasteiger partial charge in [0.15, 0.2) is 17.2 Å². The van der Waals surface area contributed by atoms with Gasteiger partial charge in [-0.05, 0) is 55.0 Å². The topological polar surface area (TPSA) is 86.0 Å². The van der Waals surface area contributed by atoms with Crippen molar-refractivity contribution in [1.82, 2.24) is 19.5 Å². The molecule has 1 atom stereocenters. The molecular formula is C28H25FN4O4S. The van der Waals surface area contributed by atoms with Crippen LogP contribution in [0.2, 0.25) is 0 Å². The van der Waals surface area contributed by atoms with Crippen molar-refractivity contribution in [3.05, 3.63) is 74.5 Å². The fraction of sp³-hybridized carbons (Fsp3) is 0.286. The Labute approximate surface area is 222 Å². The molecule has 0 saturated carbocycles. The molecule has 5 heterocycles. The third-order valence-corrected chi connectivity index (χ3v) is 8.17. The summed E-state index contributed by atoms with van der Waals surface area (Å²) in [6.07, 6.45) is 3.01. The number of nitrogens with zero attached hydrogens (tertiary/aromatic N) is 4. The maximum atomic E-state index is 15.5. The third-order valence-electron chi connectivity index (χ3n) is 7.17. The standard InChI is InChI=1S/C28H25FN4O4S/c1-4-18-12-22(27(34)32-9-7-23-19(15(32)2)8-10-38-23)30-24-13-21(31-33(18)24)20-6-5-16-11-17(28(35)36-3)14-37-26(16)25(20)29/h5-6,8,10-13,15H,4,7,9,14H2,1-3H3. The second kappa shape index (κ2) is 9.36. The number of methoxy groups -OCH3 is 1. The summed E-state index contributed by atoms with van der Waals surface area (Å²) in [5, 5.41) is 6.69. The minimum absolute atomic E-state index is 0.0283. The number of amides is 1. The molecule has 0 spiro atoms. The number of carbonyl (C=O) groups excluding carboxylic acids is 2. The molecule has 1 amide bonds. The van der Waals surface area contributed by atoms with Crippen molar-refractivity contribution in [2.75, 3.05) is 20.3 Å². The summed E-state index contributed by atoms with van der Waals surface area (Å²) in [6, 6.07) is 8.79. The van der Waals surface area contributed by atoms with Gasteiger partial charge in [0.2, 0.25) is 0 Å². The monoisotopic (exact) mass is 532 g/mol. The second-order valence-corrected chi connectivity index (χ2v) is 10.3. The summed E-state index contributed by atoms with van der Waals surface area (Å²) in [5.41, 5.74) is 4.18. The van der Waals surface area contributed by atoms with Crippen LogP contribution < -0.4 is 4.74 Å². The van der Waals surface area contributed by atoms with E-state index in [9.17, 15) is 9.59 Å². The van der Waals surface area contributed by atoms with Gasteiger partial charge in [-0.2, -0.15) is 5.10 Å². The highest BCUT2D eigenvalue weighted by molar-refractivity contribution is 7.10. The lowest BCUT2D eigenvalue weighted by Crippen LogP contribution is -2.38. The average Bonchev–Trinajstić information content (AvgIpc) is 3.59. The molecule has 0 N–H and O–H groups in total. The summed E-state index contributed by atoms with van der Waals surface area (Å²) in [4.78, 5) is 33.2. The molecule has 3 aromatic heterocycles. The van der Waals surface area contributed by atoms with Gasteiger partial charge in [0.25, 0.3) is 5.91 Å². The van der Waals surface area contributed by atoms with E-state index in [2.05, 4.69) is 21.5 Å². The van der Waals surface area contributed by atoms with Crippen LogP contribution in [0, 0.1) is 5.82 Å². The molecule has 2 aliphatic heterocycles. The van der Waals surface area contributed by atoms with Crippen LogP contribution in [0.4, 0.5) is 4.39 Å². The SMILES string of the molecule is CCc1cc(C(=O)N2CCc3sccc3C2C)nc2cc(-c3ccc4c(c3F)OCC(C(=O)OC)=C4)nn12. The Hall–Kier alpha value is -4.05. The summed E-state index contributed by atoms with van der Waals surface area (Å²) in [6.45, 7) is 4.58. The van der Waals surface area contributed by atoms with Gasteiger partial charge in [0, 0.05) is 34.3 Å². The number of thiophene rings is 1. The molecule has 194 valence electrons. The normalized spacial score (nSPS) is 16.5. The number of hydrogen-bond donors (Lipinski definition) is 0. The largest absolute Gasteiger partial charge is 0.485 e. The Bertz CT molecular complexity index is 1640. The molecule has 38 heavy (non-hydrogen) atoms. The van der Waals surface area contributed by atoms with Crippen molar-refractivity contribution >= 4 is 34.9 Å². The minimum Gasteiger partial charge on any atom is -0.485 e. The summed E-state index contributed by atoms with van der Waals surface area (Å²) in [5.74, 6) is -1.16. The third kappa shape index (κ3) is 3.87. The van der Waals surface area contributed by atoms with Crippen LogP contribution >= 0.6 is 11.3 Å². The molecule has 0 aliphatic carbocycles. The van der Waals surface area contributed by atoms with Crippen molar-refractivity contribution in [3.8, 4) is 17.0 Å². The zero-order valence-corrected chi connectivity index (χ0v) is 22.0. The molecule has 0 bridgehead atoms. The first-order valence-corrected chi connectivity index (χ1v) is 13.3. The average molecular weight is 533 g/mol. The van der Waals surface area contributed by atoms with Crippen molar-refractivity contribution in [3.63, 3.8) is 0 Å². The first-order valence-electron chi connectivity index (χ1n) is 12.4. The van der Waals surface area contributed by atoms with Crippen molar-refractivity contribution in [2.24, 2.45) is 0 Å². The number of ether oxygens (including phenoxy) is 2. The fourth-order valence-corrected chi connectivity index (χ4v) is 6.08. The lowest BCUT2D eigenvalue weighted by molar-refractivity contribution is -0.136. The fourth-order valence-electron chi connectivity index (χ4n) is 5.12. The molecule has 0 fully saturated rings. The number of rotatable bonds is 4. The van der Waals surface area contributed by atoms with Crippen LogP contribution in [-0.4, -0.2) is 51.6 Å². The van der Waals surface area contributed by atoms with E-state index in [0.29, 0.717) is 41.1 Å². The van der Waals surface area contributed by atoms with E-state index in [1.165, 1.54) is 17.6 Å². The van der Waals surface area contributed by atoms with Gasteiger partial charge in [0.05, 0.1) is 24.4 Å². The van der Waals surface area contributed by atoms with E-state index in [1.54, 1.807) is 46.2 Å². The molecule has 0 radical (unpaired) electrons. The maximum absolute atomic E-state index is 15.5. The molecule has 8 nitrogen and oxygen atoms in total. The lowest BCUT2D eigenvalue weighted by Gasteiger charge is -2.33. The van der Waals surface area contributed by atoms with Crippen molar-refractivity contribution in [2.45, 2.75) is 32.7 Å². The number of halogens is 1. The highest BCUT2D eigenvalue weighted by Gasteiger charge is 2.30. The van der Waals surface area contributed by atoms with Crippen LogP contribution in [0.3, 0.4) is 0 Å². The van der Waals surface area contributed by atoms with Crippen LogP contribution in [0.5, 0.6) is 5.75 Å². The molecule has 4 aromatic rings. The lowest BCUT2D eigenvalue weighted by atomic mass is 10.0. The van der Waals surface area contributed by atoms with Gasteiger partial charge in [-0.1, -0.05) is 13.0 Å². The number of esters is 1. The zero-order valence-electron chi connectivity index (χ0n) is 21.2. The molecule has 2 aliphatic rings. The van der Waals surface area contributed by atoms with Crippen molar-refractivity contribution in [1.29, 1.82) is 0 Å².